The molecule has 2 heterocycles. The average molecular weight is 380 g/mol. The molecule has 1 unspecified atom stereocenters. The fourth-order valence-electron chi connectivity index (χ4n) is 4.61. The van der Waals surface area contributed by atoms with Crippen LogP contribution in [0.15, 0.2) is 48.5 Å². The second-order valence-corrected chi connectivity index (χ2v) is 7.87. The Hall–Kier alpha value is -2.69. The highest BCUT2D eigenvalue weighted by Gasteiger charge is 2.52. The molecular weight excluding hydrogens is 355 g/mol. The normalized spacial score (nSPS) is 22.1. The minimum absolute atomic E-state index is 0.0484. The molecule has 1 atom stereocenters. The van der Waals surface area contributed by atoms with Crippen molar-refractivity contribution in [1.82, 2.24) is 9.80 Å². The standard InChI is InChI=1S/C23H25FN2O2/c1-17-15-19(9-10-20(17)24)21(27)26-14-6-12-23(26)11-5-13-25(22(23)28)16-18-7-3-2-4-8-18/h2-4,7-10,15H,5-6,11-14,16H2,1H3. The average Bonchev–Trinajstić information content (AvgIpc) is 3.12. The molecule has 1 spiro atoms. The van der Waals surface area contributed by atoms with Gasteiger partial charge >= 0.3 is 0 Å². The number of halogens is 1. The topological polar surface area (TPSA) is 40.6 Å². The van der Waals surface area contributed by atoms with Gasteiger partial charge in [0.15, 0.2) is 0 Å². The number of piperidine rings is 1. The van der Waals surface area contributed by atoms with E-state index in [2.05, 4.69) is 0 Å². The summed E-state index contributed by atoms with van der Waals surface area (Å²) in [5.41, 5.74) is 1.23. The summed E-state index contributed by atoms with van der Waals surface area (Å²) in [6.07, 6.45) is 3.09. The van der Waals surface area contributed by atoms with Crippen molar-refractivity contribution in [3.05, 3.63) is 71.0 Å². The summed E-state index contributed by atoms with van der Waals surface area (Å²) < 4.78 is 13.6. The molecule has 2 aliphatic rings. The second kappa shape index (κ2) is 7.38. The molecule has 28 heavy (non-hydrogen) atoms. The second-order valence-electron chi connectivity index (χ2n) is 7.87. The molecule has 0 aliphatic carbocycles. The highest BCUT2D eigenvalue weighted by molar-refractivity contribution is 6.00. The first kappa shape index (κ1) is 18.7. The van der Waals surface area contributed by atoms with Gasteiger partial charge in [0.2, 0.25) is 5.91 Å². The minimum atomic E-state index is -0.758. The summed E-state index contributed by atoms with van der Waals surface area (Å²) >= 11 is 0. The van der Waals surface area contributed by atoms with Crippen LogP contribution in [-0.2, 0) is 11.3 Å². The molecule has 146 valence electrons. The van der Waals surface area contributed by atoms with E-state index >= 15 is 0 Å². The van der Waals surface area contributed by atoms with Crippen LogP contribution in [0, 0.1) is 12.7 Å². The lowest BCUT2D eigenvalue weighted by Gasteiger charge is -2.44. The summed E-state index contributed by atoms with van der Waals surface area (Å²) in [6, 6.07) is 14.4. The van der Waals surface area contributed by atoms with E-state index in [1.54, 1.807) is 17.9 Å². The molecule has 0 aromatic heterocycles. The summed E-state index contributed by atoms with van der Waals surface area (Å²) in [5.74, 6) is -0.446. The van der Waals surface area contributed by atoms with Gasteiger partial charge in [-0.3, -0.25) is 9.59 Å². The predicted molar refractivity (Wildman–Crippen MR) is 105 cm³/mol. The summed E-state index contributed by atoms with van der Waals surface area (Å²) in [4.78, 5) is 30.4. The third kappa shape index (κ3) is 3.19. The molecule has 2 aromatic carbocycles. The van der Waals surface area contributed by atoms with Gasteiger partial charge in [0.05, 0.1) is 0 Å². The van der Waals surface area contributed by atoms with Gasteiger partial charge in [0.25, 0.3) is 5.91 Å². The Kier molecular flexibility index (Phi) is 4.92. The van der Waals surface area contributed by atoms with Gasteiger partial charge in [-0.1, -0.05) is 30.3 Å². The van der Waals surface area contributed by atoms with Gasteiger partial charge in [-0.25, -0.2) is 4.39 Å². The van der Waals surface area contributed by atoms with E-state index in [0.717, 1.165) is 18.4 Å². The fraction of sp³-hybridized carbons (Fsp3) is 0.391. The molecule has 4 rings (SSSR count). The van der Waals surface area contributed by atoms with Crippen molar-refractivity contribution in [1.29, 1.82) is 0 Å². The molecular formula is C23H25FN2O2. The Bertz CT molecular complexity index is 899. The lowest BCUT2D eigenvalue weighted by Crippen LogP contribution is -2.61. The lowest BCUT2D eigenvalue weighted by atomic mass is 9.84. The number of nitrogens with zero attached hydrogens (tertiary/aromatic N) is 2. The maximum atomic E-state index is 13.6. The van der Waals surface area contributed by atoms with Gasteiger partial charge < -0.3 is 9.80 Å². The van der Waals surface area contributed by atoms with Gasteiger partial charge in [-0.05, 0) is 61.9 Å². The van der Waals surface area contributed by atoms with Crippen LogP contribution in [-0.4, -0.2) is 40.2 Å². The molecule has 0 radical (unpaired) electrons. The van der Waals surface area contributed by atoms with Crippen LogP contribution in [0.1, 0.15) is 47.2 Å². The van der Waals surface area contributed by atoms with Crippen molar-refractivity contribution in [2.24, 2.45) is 0 Å². The maximum absolute atomic E-state index is 13.6. The summed E-state index contributed by atoms with van der Waals surface area (Å²) in [6.45, 7) is 3.51. The lowest BCUT2D eigenvalue weighted by molar-refractivity contribution is -0.146. The number of carbonyl (C=O) groups excluding carboxylic acids is 2. The van der Waals surface area contributed by atoms with Gasteiger partial charge in [0, 0.05) is 25.2 Å². The van der Waals surface area contributed by atoms with E-state index in [4.69, 9.17) is 0 Å². The number of likely N-dealkylation sites (tertiary alicyclic amines) is 2. The minimum Gasteiger partial charge on any atom is -0.336 e. The molecule has 2 saturated heterocycles. The Morgan fingerprint density at radius 2 is 1.79 bits per heavy atom. The zero-order valence-electron chi connectivity index (χ0n) is 16.2. The molecule has 5 heteroatoms. The molecule has 2 amide bonds. The highest BCUT2D eigenvalue weighted by atomic mass is 19.1. The number of aryl methyl sites for hydroxylation is 1. The van der Waals surface area contributed by atoms with Crippen molar-refractivity contribution in [3.8, 4) is 0 Å². The van der Waals surface area contributed by atoms with Gasteiger partial charge in [-0.15, -0.1) is 0 Å². The molecule has 0 bridgehead atoms. The summed E-state index contributed by atoms with van der Waals surface area (Å²) in [5, 5.41) is 0. The van der Waals surface area contributed by atoms with E-state index in [-0.39, 0.29) is 17.6 Å². The molecule has 0 saturated carbocycles. The number of carbonyl (C=O) groups is 2. The Morgan fingerprint density at radius 3 is 2.50 bits per heavy atom. The molecule has 2 fully saturated rings. The number of hydrogen-bond acceptors (Lipinski definition) is 2. The van der Waals surface area contributed by atoms with Crippen LogP contribution in [0.25, 0.3) is 0 Å². The SMILES string of the molecule is Cc1cc(C(=O)N2CCCC23CCCN(Cc2ccccc2)C3=O)ccc1F. The van der Waals surface area contributed by atoms with Gasteiger partial charge in [0.1, 0.15) is 11.4 Å². The van der Waals surface area contributed by atoms with Crippen LogP contribution in [0.5, 0.6) is 0 Å². The number of amides is 2. The van der Waals surface area contributed by atoms with Crippen molar-refractivity contribution < 1.29 is 14.0 Å². The zero-order valence-corrected chi connectivity index (χ0v) is 16.2. The van der Waals surface area contributed by atoms with Crippen LogP contribution >= 0.6 is 0 Å². The number of benzene rings is 2. The number of hydrogen-bond donors (Lipinski definition) is 0. The Balaban J connectivity index is 1.60. The third-order valence-corrected chi connectivity index (χ3v) is 6.06. The zero-order chi connectivity index (χ0) is 19.7. The first-order valence-corrected chi connectivity index (χ1v) is 9.93. The molecule has 2 aromatic rings. The smallest absolute Gasteiger partial charge is 0.254 e. The summed E-state index contributed by atoms with van der Waals surface area (Å²) in [7, 11) is 0. The van der Waals surface area contributed by atoms with Crippen molar-refractivity contribution >= 4 is 11.8 Å². The van der Waals surface area contributed by atoms with E-state index in [9.17, 15) is 14.0 Å². The highest BCUT2D eigenvalue weighted by Crippen LogP contribution is 2.39. The molecule has 2 aliphatic heterocycles. The predicted octanol–water partition coefficient (Wildman–Crippen LogP) is 3.93. The Labute approximate surface area is 164 Å². The van der Waals surface area contributed by atoms with Crippen LogP contribution in [0.2, 0.25) is 0 Å². The van der Waals surface area contributed by atoms with Crippen LogP contribution in [0.3, 0.4) is 0 Å². The monoisotopic (exact) mass is 380 g/mol. The largest absolute Gasteiger partial charge is 0.336 e. The fourth-order valence-corrected chi connectivity index (χ4v) is 4.61. The first-order valence-electron chi connectivity index (χ1n) is 9.93. The third-order valence-electron chi connectivity index (χ3n) is 6.06. The maximum Gasteiger partial charge on any atom is 0.254 e. The van der Waals surface area contributed by atoms with E-state index in [1.165, 1.54) is 12.1 Å². The van der Waals surface area contributed by atoms with E-state index in [1.807, 2.05) is 35.2 Å². The van der Waals surface area contributed by atoms with Crippen LogP contribution in [0.4, 0.5) is 4.39 Å². The van der Waals surface area contributed by atoms with Crippen molar-refractivity contribution in [2.75, 3.05) is 13.1 Å². The number of rotatable bonds is 3. The van der Waals surface area contributed by atoms with E-state index in [0.29, 0.717) is 43.6 Å². The van der Waals surface area contributed by atoms with Crippen LogP contribution < -0.4 is 0 Å². The van der Waals surface area contributed by atoms with Crippen molar-refractivity contribution in [3.63, 3.8) is 0 Å². The molecule has 4 nitrogen and oxygen atoms in total. The first-order chi connectivity index (χ1) is 13.5. The Morgan fingerprint density at radius 1 is 1.07 bits per heavy atom. The van der Waals surface area contributed by atoms with Crippen molar-refractivity contribution in [2.45, 2.75) is 44.7 Å². The van der Waals surface area contributed by atoms with E-state index < -0.39 is 5.54 Å². The van der Waals surface area contributed by atoms with Gasteiger partial charge in [-0.2, -0.15) is 0 Å². The molecule has 0 N–H and O–H groups in total. The quantitative estimate of drug-likeness (QED) is 0.809.